The van der Waals surface area contributed by atoms with Crippen LogP contribution < -0.4 is 9.46 Å². The first-order chi connectivity index (χ1) is 13.4. The molecule has 10 heteroatoms. The van der Waals surface area contributed by atoms with E-state index in [2.05, 4.69) is 19.6 Å². The third-order valence-corrected chi connectivity index (χ3v) is 6.72. The molecule has 9 nitrogen and oxygen atoms in total. The van der Waals surface area contributed by atoms with Gasteiger partial charge < -0.3 is 14.8 Å². The lowest BCUT2D eigenvalue weighted by atomic mass is 10.1. The fraction of sp³-hybridized carbons (Fsp3) is 0.500. The molecule has 2 aliphatic rings. The van der Waals surface area contributed by atoms with Crippen molar-refractivity contribution in [2.24, 2.45) is 0 Å². The van der Waals surface area contributed by atoms with Gasteiger partial charge in [-0.05, 0) is 19.2 Å². The van der Waals surface area contributed by atoms with Crippen molar-refractivity contribution in [1.29, 1.82) is 0 Å². The number of β-amino-alcohol motifs (C(OH)–C–C–N with tert-alkyl or cyclic N) is 1. The van der Waals surface area contributed by atoms with Crippen LogP contribution in [0.2, 0.25) is 0 Å². The number of aliphatic hydroxyl groups excluding tert-OH is 1. The van der Waals surface area contributed by atoms with Crippen molar-refractivity contribution < 1.29 is 18.3 Å². The third kappa shape index (κ3) is 4.06. The van der Waals surface area contributed by atoms with E-state index in [9.17, 15) is 13.5 Å². The second-order valence-corrected chi connectivity index (χ2v) is 9.12. The SMILES string of the molecule is CN1C[C@@H](O)CNS(=O)(=O)c2ccccc2O[C@H]2CN(Cc3cnc[nH]3)C[C@H]21. The van der Waals surface area contributed by atoms with Crippen LogP contribution in [0.25, 0.3) is 0 Å². The first kappa shape index (κ1) is 19.3. The lowest BCUT2D eigenvalue weighted by Crippen LogP contribution is -2.47. The number of likely N-dealkylation sites (N-methyl/N-ethyl adjacent to an activating group) is 1. The minimum Gasteiger partial charge on any atom is -0.486 e. The maximum atomic E-state index is 12.7. The summed E-state index contributed by atoms with van der Waals surface area (Å²) in [5.41, 5.74) is 1.01. The van der Waals surface area contributed by atoms with Crippen LogP contribution in [0.5, 0.6) is 5.75 Å². The van der Waals surface area contributed by atoms with E-state index in [0.29, 0.717) is 25.4 Å². The van der Waals surface area contributed by atoms with Gasteiger partial charge >= 0.3 is 0 Å². The molecule has 3 atom stereocenters. The number of fused-ring (bicyclic) bond motifs is 2. The van der Waals surface area contributed by atoms with Crippen molar-refractivity contribution in [1.82, 2.24) is 24.5 Å². The van der Waals surface area contributed by atoms with Gasteiger partial charge in [-0.1, -0.05) is 12.1 Å². The van der Waals surface area contributed by atoms with Crippen LogP contribution in [-0.4, -0.2) is 84.8 Å². The molecule has 2 aromatic rings. The van der Waals surface area contributed by atoms with Gasteiger partial charge in [-0.2, -0.15) is 0 Å². The Hall–Kier alpha value is -1.98. The van der Waals surface area contributed by atoms with Gasteiger partial charge in [-0.15, -0.1) is 0 Å². The molecule has 0 radical (unpaired) electrons. The Bertz CT molecular complexity index is 904. The van der Waals surface area contributed by atoms with Crippen LogP contribution in [0.1, 0.15) is 5.69 Å². The molecular weight excluding hydrogens is 382 g/mol. The lowest BCUT2D eigenvalue weighted by molar-refractivity contribution is 0.0713. The fourth-order valence-electron chi connectivity index (χ4n) is 3.86. The zero-order chi connectivity index (χ0) is 19.7. The smallest absolute Gasteiger partial charge is 0.244 e. The number of aromatic amines is 1. The number of sulfonamides is 1. The number of likely N-dealkylation sites (tertiary alicyclic amines) is 1. The summed E-state index contributed by atoms with van der Waals surface area (Å²) < 4.78 is 34.1. The summed E-state index contributed by atoms with van der Waals surface area (Å²) in [6.07, 6.45) is 2.41. The number of nitrogens with one attached hydrogen (secondary N) is 2. The van der Waals surface area contributed by atoms with Gasteiger partial charge in [-0.25, -0.2) is 18.1 Å². The predicted molar refractivity (Wildman–Crippen MR) is 102 cm³/mol. The fourth-order valence-corrected chi connectivity index (χ4v) is 5.07. The second kappa shape index (κ2) is 7.80. The average molecular weight is 407 g/mol. The van der Waals surface area contributed by atoms with Gasteiger partial charge in [0.15, 0.2) is 0 Å². The Morgan fingerprint density at radius 2 is 2.11 bits per heavy atom. The molecule has 1 aromatic carbocycles. The van der Waals surface area contributed by atoms with Crippen LogP contribution >= 0.6 is 0 Å². The number of hydrogen-bond acceptors (Lipinski definition) is 7. The number of para-hydroxylation sites is 1. The van der Waals surface area contributed by atoms with Crippen molar-refractivity contribution in [3.63, 3.8) is 0 Å². The Morgan fingerprint density at radius 3 is 2.89 bits per heavy atom. The molecule has 3 heterocycles. The number of imidazole rings is 1. The zero-order valence-electron chi connectivity index (χ0n) is 15.7. The highest BCUT2D eigenvalue weighted by Crippen LogP contribution is 2.29. The van der Waals surface area contributed by atoms with E-state index in [-0.39, 0.29) is 23.6 Å². The molecule has 0 bridgehead atoms. The Labute approximate surface area is 164 Å². The Balaban J connectivity index is 1.64. The normalized spacial score (nSPS) is 28.7. The number of nitrogens with zero attached hydrogens (tertiary/aromatic N) is 3. The molecule has 1 aromatic heterocycles. The number of hydrogen-bond donors (Lipinski definition) is 3. The molecule has 0 unspecified atom stereocenters. The van der Waals surface area contributed by atoms with Crippen molar-refractivity contribution in [3.8, 4) is 5.75 Å². The van der Waals surface area contributed by atoms with Gasteiger partial charge in [0.05, 0.1) is 18.5 Å². The largest absolute Gasteiger partial charge is 0.486 e. The van der Waals surface area contributed by atoms with Crippen LogP contribution in [0.4, 0.5) is 0 Å². The standard InChI is InChI=1S/C18H25N5O4S/c1-22-9-14(24)7-21-28(25,26)18-5-3-2-4-16(18)27-17-11-23(10-15(17)22)8-13-6-19-12-20-13/h2-6,12,14-15,17,21,24H,7-11H2,1H3,(H,19,20)/t14-,15+,17-/m0/s1. The first-order valence-corrected chi connectivity index (χ1v) is 10.7. The van der Waals surface area contributed by atoms with Crippen molar-refractivity contribution >= 4 is 10.0 Å². The summed E-state index contributed by atoms with van der Waals surface area (Å²) >= 11 is 0. The van der Waals surface area contributed by atoms with Crippen LogP contribution in [0.3, 0.4) is 0 Å². The average Bonchev–Trinajstić information content (AvgIpc) is 3.30. The summed E-state index contributed by atoms with van der Waals surface area (Å²) in [5.74, 6) is 0.332. The van der Waals surface area contributed by atoms with Crippen LogP contribution in [0.15, 0.2) is 41.7 Å². The minimum absolute atomic E-state index is 0.0198. The number of benzene rings is 1. The van der Waals surface area contributed by atoms with Gasteiger partial charge in [0.1, 0.15) is 16.7 Å². The summed E-state index contributed by atoms with van der Waals surface area (Å²) in [6.45, 7) is 2.40. The monoisotopic (exact) mass is 407 g/mol. The van der Waals surface area contributed by atoms with E-state index < -0.39 is 16.1 Å². The van der Waals surface area contributed by atoms with Gasteiger partial charge in [0.25, 0.3) is 0 Å². The Kier molecular flexibility index (Phi) is 5.39. The summed E-state index contributed by atoms with van der Waals surface area (Å²) in [7, 11) is -1.84. The number of aromatic nitrogens is 2. The first-order valence-electron chi connectivity index (χ1n) is 9.25. The van der Waals surface area contributed by atoms with Crippen molar-refractivity contribution in [3.05, 3.63) is 42.5 Å². The predicted octanol–water partition coefficient (Wildman–Crippen LogP) is -0.374. The molecule has 3 N–H and O–H groups in total. The molecule has 28 heavy (non-hydrogen) atoms. The third-order valence-electron chi connectivity index (χ3n) is 5.25. The topological polar surface area (TPSA) is 111 Å². The highest BCUT2D eigenvalue weighted by atomic mass is 32.2. The van der Waals surface area contributed by atoms with E-state index in [0.717, 1.165) is 12.2 Å². The molecular formula is C18H25N5O4S. The summed E-state index contributed by atoms with van der Waals surface area (Å²) in [4.78, 5) is 11.6. The second-order valence-electron chi connectivity index (χ2n) is 7.39. The molecule has 152 valence electrons. The Morgan fingerprint density at radius 1 is 1.29 bits per heavy atom. The van der Waals surface area contributed by atoms with E-state index in [1.54, 1.807) is 30.7 Å². The molecule has 2 aliphatic heterocycles. The van der Waals surface area contributed by atoms with Crippen molar-refractivity contribution in [2.45, 2.75) is 29.7 Å². The number of ether oxygens (including phenoxy) is 1. The van der Waals surface area contributed by atoms with E-state index in [1.807, 2.05) is 11.9 Å². The van der Waals surface area contributed by atoms with Crippen LogP contribution in [0, 0.1) is 0 Å². The molecule has 0 amide bonds. The molecule has 1 fully saturated rings. The molecule has 4 rings (SSSR count). The highest BCUT2D eigenvalue weighted by molar-refractivity contribution is 7.89. The zero-order valence-corrected chi connectivity index (χ0v) is 16.5. The highest BCUT2D eigenvalue weighted by Gasteiger charge is 2.39. The lowest BCUT2D eigenvalue weighted by Gasteiger charge is -2.30. The summed E-state index contributed by atoms with van der Waals surface area (Å²) in [6, 6.07) is 6.65. The summed E-state index contributed by atoms with van der Waals surface area (Å²) in [5, 5.41) is 10.3. The molecule has 1 saturated heterocycles. The van der Waals surface area contributed by atoms with Gasteiger partial charge in [-0.3, -0.25) is 9.80 Å². The van der Waals surface area contributed by atoms with E-state index in [1.165, 1.54) is 6.07 Å². The van der Waals surface area contributed by atoms with E-state index >= 15 is 0 Å². The van der Waals surface area contributed by atoms with E-state index in [4.69, 9.17) is 4.74 Å². The maximum absolute atomic E-state index is 12.7. The minimum atomic E-state index is -3.77. The quantitative estimate of drug-likeness (QED) is 0.623. The number of aliphatic hydroxyl groups is 1. The number of H-pyrrole nitrogens is 1. The van der Waals surface area contributed by atoms with Crippen LogP contribution in [-0.2, 0) is 16.6 Å². The maximum Gasteiger partial charge on any atom is 0.244 e. The molecule has 0 saturated carbocycles. The van der Waals surface area contributed by atoms with Crippen molar-refractivity contribution in [2.75, 3.05) is 33.2 Å². The number of rotatable bonds is 2. The van der Waals surface area contributed by atoms with Gasteiger partial charge in [0, 0.05) is 44.6 Å². The molecule has 0 spiro atoms. The molecule has 0 aliphatic carbocycles. The van der Waals surface area contributed by atoms with Gasteiger partial charge in [0.2, 0.25) is 10.0 Å².